The Morgan fingerprint density at radius 2 is 1.69 bits per heavy atom. The molecule has 13 heavy (non-hydrogen) atoms. The Hall–Kier alpha value is -0.356. The molecule has 0 aliphatic heterocycles. The van der Waals surface area contributed by atoms with E-state index in [0.29, 0.717) is 0 Å². The van der Waals surface area contributed by atoms with Gasteiger partial charge in [0.1, 0.15) is 8.07 Å². The summed E-state index contributed by atoms with van der Waals surface area (Å²) in [4.78, 5) is 7.32. The van der Waals surface area contributed by atoms with E-state index in [1.165, 1.54) is 5.45 Å². The van der Waals surface area contributed by atoms with E-state index in [4.69, 9.17) is 0 Å². The Labute approximate surface area is 84.4 Å². The van der Waals surface area contributed by atoms with Gasteiger partial charge in [0, 0.05) is 21.2 Å². The summed E-state index contributed by atoms with van der Waals surface area (Å²) in [5, 5.41) is 0. The van der Waals surface area contributed by atoms with Gasteiger partial charge in [0.2, 0.25) is 0 Å². The lowest BCUT2D eigenvalue weighted by molar-refractivity contribution is 1.36. The minimum absolute atomic E-state index is 0.139. The van der Waals surface area contributed by atoms with Gasteiger partial charge in [-0.1, -0.05) is 39.3 Å². The van der Waals surface area contributed by atoms with Crippen molar-refractivity contribution in [2.45, 2.75) is 39.3 Å². The van der Waals surface area contributed by atoms with Crippen LogP contribution in [-0.4, -0.2) is 26.8 Å². The van der Waals surface area contributed by atoms with E-state index in [9.17, 15) is 0 Å². The molecule has 0 saturated heterocycles. The van der Waals surface area contributed by atoms with Gasteiger partial charge in [-0.2, -0.15) is 0 Å². The van der Waals surface area contributed by atoms with E-state index < -0.39 is 8.07 Å². The quantitative estimate of drug-likeness (QED) is 0.712. The molecular weight excluding hydrogens is 192 g/mol. The zero-order valence-corrected chi connectivity index (χ0v) is 11.8. The standard InChI is InChI=1S/C6H12N2Si.C3H10Si/c1-9(2,3)6-7-4-5-8-6;1-4(2)3/h4-5H,1-3H3,(H,7,8);4H,1-3H3. The first kappa shape index (κ1) is 12.6. The Balaban J connectivity index is 0.000000310. The molecule has 1 N–H and O–H groups in total. The molecular formula is C9H22N2Si2. The molecule has 0 aliphatic rings. The summed E-state index contributed by atoms with van der Waals surface area (Å²) in [7, 11) is -1.29. The fourth-order valence-corrected chi connectivity index (χ4v) is 1.65. The van der Waals surface area contributed by atoms with Crippen LogP contribution in [0.3, 0.4) is 0 Å². The topological polar surface area (TPSA) is 28.7 Å². The van der Waals surface area contributed by atoms with Gasteiger partial charge in [0.15, 0.2) is 0 Å². The lowest BCUT2D eigenvalue weighted by atomic mass is 11.0. The molecule has 0 saturated carbocycles. The summed E-state index contributed by atoms with van der Waals surface area (Å²) in [5.74, 6) is 0. The highest BCUT2D eigenvalue weighted by Crippen LogP contribution is 1.96. The predicted octanol–water partition coefficient (Wildman–Crippen LogP) is 2.06. The van der Waals surface area contributed by atoms with Crippen molar-refractivity contribution in [2.24, 2.45) is 0 Å². The van der Waals surface area contributed by atoms with Crippen LogP contribution in [0, 0.1) is 0 Å². The number of nitrogens with zero attached hydrogens (tertiary/aromatic N) is 1. The average molecular weight is 214 g/mol. The number of hydrogen-bond donors (Lipinski definition) is 1. The van der Waals surface area contributed by atoms with E-state index >= 15 is 0 Å². The number of aromatic amines is 1. The second-order valence-electron chi connectivity index (χ2n) is 4.92. The fourth-order valence-electron chi connectivity index (χ4n) is 0.675. The number of hydrogen-bond acceptors (Lipinski definition) is 1. The number of rotatable bonds is 1. The van der Waals surface area contributed by atoms with Gasteiger partial charge in [0.05, 0.1) is 5.45 Å². The summed E-state index contributed by atoms with van der Waals surface area (Å²) in [5.41, 5.74) is 1.18. The lowest BCUT2D eigenvalue weighted by Gasteiger charge is -2.10. The van der Waals surface area contributed by atoms with Gasteiger partial charge in [-0.05, 0) is 0 Å². The first-order valence-electron chi connectivity index (χ1n) is 4.84. The van der Waals surface area contributed by atoms with Crippen LogP contribution in [0.2, 0.25) is 39.3 Å². The molecule has 0 atom stereocenters. The zero-order chi connectivity index (χ0) is 10.5. The van der Waals surface area contributed by atoms with Crippen molar-refractivity contribution in [2.75, 3.05) is 0 Å². The van der Waals surface area contributed by atoms with E-state index in [-0.39, 0.29) is 8.80 Å². The van der Waals surface area contributed by atoms with E-state index in [0.717, 1.165) is 0 Å². The van der Waals surface area contributed by atoms with Crippen molar-refractivity contribution >= 4 is 22.3 Å². The molecule has 0 fully saturated rings. The van der Waals surface area contributed by atoms with Crippen molar-refractivity contribution in [3.8, 4) is 0 Å². The average Bonchev–Trinajstić information content (AvgIpc) is 2.31. The number of H-pyrrole nitrogens is 1. The number of nitrogens with one attached hydrogen (secondary N) is 1. The van der Waals surface area contributed by atoms with Crippen molar-refractivity contribution in [1.82, 2.24) is 9.97 Å². The number of aromatic nitrogens is 2. The maximum atomic E-state index is 4.19. The SMILES string of the molecule is C[SiH](C)C.C[Si](C)(C)c1ncc[nH]1. The predicted molar refractivity (Wildman–Crippen MR) is 66.3 cm³/mol. The van der Waals surface area contributed by atoms with Crippen LogP contribution in [0.4, 0.5) is 0 Å². The van der Waals surface area contributed by atoms with Gasteiger partial charge in [0.25, 0.3) is 0 Å². The molecule has 2 nitrogen and oxygen atoms in total. The molecule has 0 bridgehead atoms. The van der Waals surface area contributed by atoms with Crippen molar-refractivity contribution in [1.29, 1.82) is 0 Å². The molecule has 4 heteroatoms. The summed E-state index contributed by atoms with van der Waals surface area (Å²) >= 11 is 0. The molecule has 1 heterocycles. The Morgan fingerprint density at radius 1 is 1.23 bits per heavy atom. The molecule has 0 aromatic carbocycles. The summed E-state index contributed by atoms with van der Waals surface area (Å²) < 4.78 is 0. The van der Waals surface area contributed by atoms with Crippen molar-refractivity contribution < 1.29 is 0 Å². The van der Waals surface area contributed by atoms with Gasteiger partial charge in [-0.25, -0.2) is 4.98 Å². The largest absolute Gasteiger partial charge is 0.353 e. The fraction of sp³-hybridized carbons (Fsp3) is 0.667. The van der Waals surface area contributed by atoms with Gasteiger partial charge < -0.3 is 4.98 Å². The van der Waals surface area contributed by atoms with Gasteiger partial charge in [-0.3, -0.25) is 0 Å². The Kier molecular flexibility index (Phi) is 5.24. The smallest absolute Gasteiger partial charge is 0.123 e. The normalized spacial score (nSPS) is 11.0. The molecule has 0 amide bonds. The third-order valence-electron chi connectivity index (χ3n) is 1.21. The third kappa shape index (κ3) is 6.77. The third-order valence-corrected chi connectivity index (χ3v) is 2.90. The van der Waals surface area contributed by atoms with Crippen LogP contribution >= 0.6 is 0 Å². The van der Waals surface area contributed by atoms with E-state index in [1.807, 2.05) is 12.4 Å². The van der Waals surface area contributed by atoms with Crippen LogP contribution in [0.25, 0.3) is 0 Å². The van der Waals surface area contributed by atoms with Crippen LogP contribution in [0.1, 0.15) is 0 Å². The van der Waals surface area contributed by atoms with Crippen LogP contribution in [0.15, 0.2) is 12.4 Å². The minimum atomic E-state index is -1.15. The first-order chi connectivity index (χ1) is 5.84. The highest BCUT2D eigenvalue weighted by Gasteiger charge is 2.18. The molecule has 1 aromatic heterocycles. The monoisotopic (exact) mass is 214 g/mol. The summed E-state index contributed by atoms with van der Waals surface area (Å²) in [6.45, 7) is 13.7. The Morgan fingerprint density at radius 3 is 1.85 bits per heavy atom. The molecule has 1 rings (SSSR count). The summed E-state index contributed by atoms with van der Waals surface area (Å²) in [6, 6.07) is 0. The first-order valence-corrected chi connectivity index (χ1v) is 11.8. The highest BCUT2D eigenvalue weighted by atomic mass is 28.3. The lowest BCUT2D eigenvalue weighted by Crippen LogP contribution is -2.40. The molecule has 1 aromatic rings. The van der Waals surface area contributed by atoms with Crippen molar-refractivity contribution in [3.05, 3.63) is 12.4 Å². The molecule has 76 valence electrons. The maximum absolute atomic E-state index is 4.19. The molecule has 0 aliphatic carbocycles. The summed E-state index contributed by atoms with van der Waals surface area (Å²) in [6.07, 6.45) is 3.70. The van der Waals surface area contributed by atoms with E-state index in [2.05, 4.69) is 49.3 Å². The Bertz CT molecular complexity index is 209. The minimum Gasteiger partial charge on any atom is -0.353 e. The second-order valence-corrected chi connectivity index (χ2v) is 13.4. The second kappa shape index (κ2) is 5.39. The van der Waals surface area contributed by atoms with E-state index in [1.54, 1.807) is 0 Å². The van der Waals surface area contributed by atoms with Gasteiger partial charge in [-0.15, -0.1) is 0 Å². The van der Waals surface area contributed by atoms with Gasteiger partial charge >= 0.3 is 0 Å². The van der Waals surface area contributed by atoms with Crippen LogP contribution in [0.5, 0.6) is 0 Å². The van der Waals surface area contributed by atoms with Crippen LogP contribution in [-0.2, 0) is 0 Å². The highest BCUT2D eigenvalue weighted by molar-refractivity contribution is 6.87. The number of imidazole rings is 1. The van der Waals surface area contributed by atoms with Crippen LogP contribution < -0.4 is 5.45 Å². The molecule has 0 radical (unpaired) electrons. The zero-order valence-electron chi connectivity index (χ0n) is 9.68. The maximum Gasteiger partial charge on any atom is 0.123 e. The molecule has 0 unspecified atom stereocenters. The van der Waals surface area contributed by atoms with Crippen molar-refractivity contribution in [3.63, 3.8) is 0 Å². The molecule has 0 spiro atoms.